The molecule has 0 radical (unpaired) electrons. The van der Waals surface area contributed by atoms with Crippen LogP contribution in [0.5, 0.6) is 11.5 Å². The Hall–Kier alpha value is -1.23. The topological polar surface area (TPSA) is 49.8 Å². The largest absolute Gasteiger partial charge is 0.507 e. The third-order valence-electron chi connectivity index (χ3n) is 3.09. The fourth-order valence-corrected chi connectivity index (χ4v) is 2.77. The molecule has 0 spiro atoms. The second-order valence-electron chi connectivity index (χ2n) is 4.37. The monoisotopic (exact) mass is 313 g/mol. The SMILES string of the molecule is COc1ccc(O)c(C(=O)N2CCCC(Br)C2)c1. The minimum absolute atomic E-state index is 0.00232. The summed E-state index contributed by atoms with van der Waals surface area (Å²) in [7, 11) is 1.54. The second kappa shape index (κ2) is 5.61. The van der Waals surface area contributed by atoms with E-state index in [1.807, 2.05) is 0 Å². The van der Waals surface area contributed by atoms with Crippen LogP contribution in [0.1, 0.15) is 23.2 Å². The second-order valence-corrected chi connectivity index (χ2v) is 5.67. The first-order valence-corrected chi connectivity index (χ1v) is 6.83. The molecule has 1 amide bonds. The van der Waals surface area contributed by atoms with E-state index >= 15 is 0 Å². The van der Waals surface area contributed by atoms with Gasteiger partial charge in [0.05, 0.1) is 12.7 Å². The number of ether oxygens (including phenoxy) is 1. The highest BCUT2D eigenvalue weighted by Gasteiger charge is 2.24. The number of carbonyl (C=O) groups is 1. The molecule has 1 atom stereocenters. The molecule has 2 rings (SSSR count). The van der Waals surface area contributed by atoms with Crippen LogP contribution in [-0.4, -0.2) is 40.9 Å². The Kier molecular flexibility index (Phi) is 4.11. The molecule has 4 nitrogen and oxygen atoms in total. The number of carbonyl (C=O) groups excluding carboxylic acids is 1. The molecule has 5 heteroatoms. The quantitative estimate of drug-likeness (QED) is 0.853. The van der Waals surface area contributed by atoms with Gasteiger partial charge >= 0.3 is 0 Å². The molecule has 18 heavy (non-hydrogen) atoms. The zero-order chi connectivity index (χ0) is 13.1. The minimum Gasteiger partial charge on any atom is -0.507 e. The van der Waals surface area contributed by atoms with Crippen molar-refractivity contribution in [3.8, 4) is 11.5 Å². The molecule has 1 aliphatic rings. The Morgan fingerprint density at radius 3 is 3.00 bits per heavy atom. The van der Waals surface area contributed by atoms with Gasteiger partial charge in [0.2, 0.25) is 0 Å². The van der Waals surface area contributed by atoms with E-state index in [0.717, 1.165) is 19.4 Å². The molecule has 0 saturated carbocycles. The van der Waals surface area contributed by atoms with E-state index in [1.54, 1.807) is 17.0 Å². The van der Waals surface area contributed by atoms with Crippen molar-refractivity contribution in [1.82, 2.24) is 4.90 Å². The molecule has 1 fully saturated rings. The third kappa shape index (κ3) is 2.77. The van der Waals surface area contributed by atoms with Gasteiger partial charge in [-0.15, -0.1) is 0 Å². The van der Waals surface area contributed by atoms with Crippen LogP contribution in [0.4, 0.5) is 0 Å². The molecule has 1 saturated heterocycles. The van der Waals surface area contributed by atoms with Crippen molar-refractivity contribution in [1.29, 1.82) is 0 Å². The molecule has 98 valence electrons. The third-order valence-corrected chi connectivity index (χ3v) is 3.83. The zero-order valence-electron chi connectivity index (χ0n) is 10.2. The number of phenols is 1. The maximum Gasteiger partial charge on any atom is 0.257 e. The number of rotatable bonds is 2. The lowest BCUT2D eigenvalue weighted by molar-refractivity contribution is 0.0726. The van der Waals surface area contributed by atoms with Crippen LogP contribution in [0.25, 0.3) is 0 Å². The summed E-state index contributed by atoms with van der Waals surface area (Å²) in [5.74, 6) is 0.427. The van der Waals surface area contributed by atoms with Gasteiger partial charge in [0.1, 0.15) is 11.5 Å². The van der Waals surface area contributed by atoms with Crippen LogP contribution in [0, 0.1) is 0 Å². The average molecular weight is 314 g/mol. The number of halogens is 1. The summed E-state index contributed by atoms with van der Waals surface area (Å²) in [5, 5.41) is 9.78. The summed E-state index contributed by atoms with van der Waals surface area (Å²) >= 11 is 3.54. The van der Waals surface area contributed by atoms with Gasteiger partial charge < -0.3 is 14.7 Å². The standard InChI is InChI=1S/C13H16BrNO3/c1-18-10-4-5-12(16)11(7-10)13(17)15-6-2-3-9(14)8-15/h4-5,7,9,16H,2-3,6,8H2,1H3. The number of aromatic hydroxyl groups is 1. The normalized spacial score (nSPS) is 19.7. The molecule has 0 bridgehead atoms. The van der Waals surface area contributed by atoms with Crippen LogP contribution < -0.4 is 4.74 Å². The lowest BCUT2D eigenvalue weighted by Gasteiger charge is -2.30. The highest BCUT2D eigenvalue weighted by Crippen LogP contribution is 2.26. The van der Waals surface area contributed by atoms with Gasteiger partial charge in [-0.3, -0.25) is 4.79 Å². The Balaban J connectivity index is 2.22. The Morgan fingerprint density at radius 1 is 1.56 bits per heavy atom. The number of piperidine rings is 1. The minimum atomic E-state index is -0.143. The molecular formula is C13H16BrNO3. The zero-order valence-corrected chi connectivity index (χ0v) is 11.8. The van der Waals surface area contributed by atoms with Crippen LogP contribution in [0.2, 0.25) is 0 Å². The van der Waals surface area contributed by atoms with Crippen LogP contribution in [-0.2, 0) is 0 Å². The van der Waals surface area contributed by atoms with Gasteiger partial charge in [0, 0.05) is 17.9 Å². The van der Waals surface area contributed by atoms with Crippen molar-refractivity contribution in [2.45, 2.75) is 17.7 Å². The van der Waals surface area contributed by atoms with E-state index < -0.39 is 0 Å². The van der Waals surface area contributed by atoms with Crippen molar-refractivity contribution >= 4 is 21.8 Å². The first kappa shape index (κ1) is 13.2. The van der Waals surface area contributed by atoms with Gasteiger partial charge in [-0.1, -0.05) is 15.9 Å². The van der Waals surface area contributed by atoms with Crippen LogP contribution in [0.3, 0.4) is 0 Å². The first-order chi connectivity index (χ1) is 8.61. The Bertz CT molecular complexity index is 450. The number of phenolic OH excluding ortho intramolecular Hbond substituents is 1. The summed E-state index contributed by atoms with van der Waals surface area (Å²) in [6, 6.07) is 4.70. The smallest absolute Gasteiger partial charge is 0.257 e. The lowest BCUT2D eigenvalue weighted by Crippen LogP contribution is -2.40. The molecule has 0 aliphatic carbocycles. The van der Waals surface area contributed by atoms with E-state index in [9.17, 15) is 9.90 Å². The van der Waals surface area contributed by atoms with Gasteiger partial charge in [-0.05, 0) is 31.0 Å². The van der Waals surface area contributed by atoms with Crippen molar-refractivity contribution in [2.75, 3.05) is 20.2 Å². The predicted octanol–water partition coefficient (Wildman–Crippen LogP) is 2.40. The molecular weight excluding hydrogens is 298 g/mol. The van der Waals surface area contributed by atoms with Crippen LogP contribution >= 0.6 is 15.9 Å². The van der Waals surface area contributed by atoms with Crippen LogP contribution in [0.15, 0.2) is 18.2 Å². The van der Waals surface area contributed by atoms with E-state index in [-0.39, 0.29) is 11.7 Å². The Labute approximate surface area is 115 Å². The van der Waals surface area contributed by atoms with Crippen molar-refractivity contribution in [3.63, 3.8) is 0 Å². The molecule has 1 unspecified atom stereocenters. The molecule has 1 N–H and O–H groups in total. The summed E-state index contributed by atoms with van der Waals surface area (Å²) in [6.45, 7) is 1.41. The number of nitrogens with zero attached hydrogens (tertiary/aromatic N) is 1. The van der Waals surface area contributed by atoms with E-state index in [4.69, 9.17) is 4.74 Å². The number of hydrogen-bond acceptors (Lipinski definition) is 3. The van der Waals surface area contributed by atoms with Crippen molar-refractivity contribution < 1.29 is 14.6 Å². The first-order valence-electron chi connectivity index (χ1n) is 5.92. The van der Waals surface area contributed by atoms with E-state index in [0.29, 0.717) is 22.7 Å². The molecule has 1 aromatic carbocycles. The highest BCUT2D eigenvalue weighted by molar-refractivity contribution is 9.09. The maximum atomic E-state index is 12.3. The van der Waals surface area contributed by atoms with Crippen molar-refractivity contribution in [3.05, 3.63) is 23.8 Å². The van der Waals surface area contributed by atoms with Gasteiger partial charge in [0.15, 0.2) is 0 Å². The average Bonchev–Trinajstić information content (AvgIpc) is 2.38. The molecule has 1 heterocycles. The van der Waals surface area contributed by atoms with Crippen molar-refractivity contribution in [2.24, 2.45) is 0 Å². The summed E-state index contributed by atoms with van der Waals surface area (Å²) < 4.78 is 5.08. The summed E-state index contributed by atoms with van der Waals surface area (Å²) in [5.41, 5.74) is 0.302. The number of amides is 1. The molecule has 1 aliphatic heterocycles. The fourth-order valence-electron chi connectivity index (χ4n) is 2.09. The Morgan fingerprint density at radius 2 is 2.33 bits per heavy atom. The summed E-state index contributed by atoms with van der Waals surface area (Å²) in [6.07, 6.45) is 2.06. The summed E-state index contributed by atoms with van der Waals surface area (Å²) in [4.78, 5) is 14.4. The number of methoxy groups -OCH3 is 1. The highest BCUT2D eigenvalue weighted by atomic mass is 79.9. The van der Waals surface area contributed by atoms with Gasteiger partial charge in [-0.2, -0.15) is 0 Å². The number of benzene rings is 1. The van der Waals surface area contributed by atoms with Gasteiger partial charge in [-0.25, -0.2) is 0 Å². The molecule has 1 aromatic rings. The lowest BCUT2D eigenvalue weighted by atomic mass is 10.1. The number of hydrogen-bond donors (Lipinski definition) is 1. The number of alkyl halides is 1. The van der Waals surface area contributed by atoms with E-state index in [1.165, 1.54) is 13.2 Å². The maximum absolute atomic E-state index is 12.3. The molecule has 0 aromatic heterocycles. The van der Waals surface area contributed by atoms with Gasteiger partial charge in [0.25, 0.3) is 5.91 Å². The van der Waals surface area contributed by atoms with E-state index in [2.05, 4.69) is 15.9 Å². The predicted molar refractivity (Wildman–Crippen MR) is 72.5 cm³/mol. The fraction of sp³-hybridized carbons (Fsp3) is 0.462. The number of likely N-dealkylation sites (tertiary alicyclic amines) is 1.